The van der Waals surface area contributed by atoms with Crippen LogP contribution in [0.5, 0.6) is 0 Å². The molecule has 20 heavy (non-hydrogen) atoms. The first-order valence-corrected chi connectivity index (χ1v) is 9.05. The lowest BCUT2D eigenvalue weighted by atomic mass is 10.2. The van der Waals surface area contributed by atoms with Gasteiger partial charge in [0.2, 0.25) is 0 Å². The highest BCUT2D eigenvalue weighted by atomic mass is 35.5. The first-order chi connectivity index (χ1) is 9.70. The van der Waals surface area contributed by atoms with Crippen molar-refractivity contribution in [2.75, 3.05) is 12.3 Å². The largest absolute Gasteiger partial charge is 0.309 e. The van der Waals surface area contributed by atoms with Crippen molar-refractivity contribution in [1.82, 2.24) is 5.32 Å². The third kappa shape index (κ3) is 4.52. The maximum Gasteiger partial charge on any atom is 0.0931 e. The average Bonchev–Trinajstić information content (AvgIpc) is 2.87. The predicted molar refractivity (Wildman–Crippen MR) is 92.3 cm³/mol. The minimum absolute atomic E-state index is 0.372. The average molecular weight is 326 g/mol. The number of thioether (sulfide) groups is 1. The fraction of sp³-hybridized carbons (Fsp3) is 0.375. The SMILES string of the molecule is CCCNC(CSc1ccccc1C)c1ccc(Cl)s1. The summed E-state index contributed by atoms with van der Waals surface area (Å²) in [5.74, 6) is 1.03. The van der Waals surface area contributed by atoms with Gasteiger partial charge in [-0.1, -0.05) is 36.7 Å². The first kappa shape index (κ1) is 15.9. The molecule has 0 aliphatic heterocycles. The quantitative estimate of drug-likeness (QED) is 0.670. The summed E-state index contributed by atoms with van der Waals surface area (Å²) >= 11 is 9.65. The van der Waals surface area contributed by atoms with Crippen molar-refractivity contribution in [3.05, 3.63) is 51.2 Å². The Morgan fingerprint density at radius 3 is 2.70 bits per heavy atom. The minimum atomic E-state index is 0.372. The number of hydrogen-bond donors (Lipinski definition) is 1. The van der Waals surface area contributed by atoms with Crippen molar-refractivity contribution >= 4 is 34.7 Å². The molecule has 1 aromatic carbocycles. The molecule has 0 radical (unpaired) electrons. The summed E-state index contributed by atoms with van der Waals surface area (Å²) in [6.07, 6.45) is 1.14. The first-order valence-electron chi connectivity index (χ1n) is 6.87. The van der Waals surface area contributed by atoms with Crippen molar-refractivity contribution in [3.8, 4) is 0 Å². The van der Waals surface area contributed by atoms with Gasteiger partial charge in [0.1, 0.15) is 0 Å². The van der Waals surface area contributed by atoms with Gasteiger partial charge in [0.15, 0.2) is 0 Å². The molecule has 0 aliphatic rings. The van der Waals surface area contributed by atoms with Crippen molar-refractivity contribution in [3.63, 3.8) is 0 Å². The molecule has 108 valence electrons. The molecule has 0 amide bonds. The molecule has 1 unspecified atom stereocenters. The Morgan fingerprint density at radius 2 is 2.05 bits per heavy atom. The Hall–Kier alpha value is -0.480. The maximum absolute atomic E-state index is 6.06. The van der Waals surface area contributed by atoms with Crippen LogP contribution in [-0.4, -0.2) is 12.3 Å². The number of nitrogens with one attached hydrogen (secondary N) is 1. The Balaban J connectivity index is 2.03. The van der Waals surface area contributed by atoms with Crippen LogP contribution in [0, 0.1) is 6.92 Å². The fourth-order valence-corrected chi connectivity index (χ4v) is 4.32. The molecule has 0 fully saturated rings. The summed E-state index contributed by atoms with van der Waals surface area (Å²) in [4.78, 5) is 2.68. The molecular formula is C16H20ClNS2. The fourth-order valence-electron chi connectivity index (χ4n) is 1.97. The van der Waals surface area contributed by atoms with Gasteiger partial charge in [-0.15, -0.1) is 23.1 Å². The molecule has 1 heterocycles. The summed E-state index contributed by atoms with van der Waals surface area (Å²) in [6.45, 7) is 5.40. The molecule has 4 heteroatoms. The van der Waals surface area contributed by atoms with Crippen molar-refractivity contribution in [1.29, 1.82) is 0 Å². The molecular weight excluding hydrogens is 306 g/mol. The van der Waals surface area contributed by atoms with Gasteiger partial charge in [0.05, 0.1) is 10.4 Å². The van der Waals surface area contributed by atoms with Crippen LogP contribution >= 0.6 is 34.7 Å². The van der Waals surface area contributed by atoms with Crippen LogP contribution in [0.1, 0.15) is 29.8 Å². The van der Waals surface area contributed by atoms with Gasteiger partial charge in [-0.05, 0) is 43.7 Å². The summed E-state index contributed by atoms with van der Waals surface area (Å²) in [7, 11) is 0. The lowest BCUT2D eigenvalue weighted by Crippen LogP contribution is -2.23. The van der Waals surface area contributed by atoms with Gasteiger partial charge < -0.3 is 5.32 Å². The Kier molecular flexibility index (Phi) is 6.43. The lowest BCUT2D eigenvalue weighted by molar-refractivity contribution is 0.585. The van der Waals surface area contributed by atoms with E-state index >= 15 is 0 Å². The summed E-state index contributed by atoms with van der Waals surface area (Å²) in [5.41, 5.74) is 1.34. The minimum Gasteiger partial charge on any atom is -0.309 e. The number of benzene rings is 1. The van der Waals surface area contributed by atoms with Gasteiger partial charge >= 0.3 is 0 Å². The van der Waals surface area contributed by atoms with Crippen LogP contribution in [0.15, 0.2) is 41.3 Å². The van der Waals surface area contributed by atoms with Crippen LogP contribution in [0.25, 0.3) is 0 Å². The van der Waals surface area contributed by atoms with Crippen LogP contribution < -0.4 is 5.32 Å². The van der Waals surface area contributed by atoms with Gasteiger partial charge in [-0.3, -0.25) is 0 Å². The van der Waals surface area contributed by atoms with E-state index in [1.165, 1.54) is 15.3 Å². The molecule has 1 N–H and O–H groups in total. The van der Waals surface area contributed by atoms with E-state index < -0.39 is 0 Å². The van der Waals surface area contributed by atoms with E-state index in [0.717, 1.165) is 23.1 Å². The van der Waals surface area contributed by atoms with E-state index in [1.807, 2.05) is 17.8 Å². The second-order valence-electron chi connectivity index (χ2n) is 4.73. The number of thiophene rings is 1. The molecule has 2 rings (SSSR count). The summed E-state index contributed by atoms with van der Waals surface area (Å²) in [6, 6.07) is 13.0. The third-order valence-corrected chi connectivity index (χ3v) is 5.69. The van der Waals surface area contributed by atoms with Crippen LogP contribution in [-0.2, 0) is 0 Å². The predicted octanol–water partition coefficient (Wildman–Crippen LogP) is 5.54. The Bertz CT molecular complexity index is 539. The second kappa shape index (κ2) is 8.08. The van der Waals surface area contributed by atoms with E-state index in [2.05, 4.69) is 49.5 Å². The summed E-state index contributed by atoms with van der Waals surface area (Å²) in [5, 5.41) is 3.62. The second-order valence-corrected chi connectivity index (χ2v) is 7.53. The van der Waals surface area contributed by atoms with Gasteiger partial charge in [0.25, 0.3) is 0 Å². The van der Waals surface area contributed by atoms with Crippen molar-refractivity contribution in [2.45, 2.75) is 31.2 Å². The zero-order valence-corrected chi connectivity index (χ0v) is 14.2. The van der Waals surface area contributed by atoms with Crippen molar-refractivity contribution in [2.24, 2.45) is 0 Å². The normalized spacial score (nSPS) is 12.6. The van der Waals surface area contributed by atoms with E-state index in [9.17, 15) is 0 Å². The van der Waals surface area contributed by atoms with Crippen molar-refractivity contribution < 1.29 is 0 Å². The lowest BCUT2D eigenvalue weighted by Gasteiger charge is -2.17. The zero-order valence-electron chi connectivity index (χ0n) is 11.9. The number of rotatable bonds is 7. The van der Waals surface area contributed by atoms with Crippen LogP contribution in [0.2, 0.25) is 4.34 Å². The highest BCUT2D eigenvalue weighted by Gasteiger charge is 2.14. The number of aryl methyl sites for hydroxylation is 1. The third-order valence-electron chi connectivity index (χ3n) is 3.08. The van der Waals surface area contributed by atoms with E-state index in [-0.39, 0.29) is 0 Å². The van der Waals surface area contributed by atoms with E-state index in [1.54, 1.807) is 11.3 Å². The number of halogens is 1. The summed E-state index contributed by atoms with van der Waals surface area (Å²) < 4.78 is 0.865. The molecule has 0 saturated carbocycles. The smallest absolute Gasteiger partial charge is 0.0931 e. The molecule has 0 spiro atoms. The van der Waals surface area contributed by atoms with E-state index in [0.29, 0.717) is 6.04 Å². The maximum atomic E-state index is 6.06. The van der Waals surface area contributed by atoms with E-state index in [4.69, 9.17) is 11.6 Å². The molecule has 0 saturated heterocycles. The molecule has 0 aliphatic carbocycles. The topological polar surface area (TPSA) is 12.0 Å². The van der Waals surface area contributed by atoms with Gasteiger partial charge in [-0.2, -0.15) is 0 Å². The highest BCUT2D eigenvalue weighted by Crippen LogP contribution is 2.32. The molecule has 1 atom stereocenters. The highest BCUT2D eigenvalue weighted by molar-refractivity contribution is 7.99. The Morgan fingerprint density at radius 1 is 1.25 bits per heavy atom. The molecule has 0 bridgehead atoms. The molecule has 2 aromatic rings. The number of hydrogen-bond acceptors (Lipinski definition) is 3. The molecule has 1 nitrogen and oxygen atoms in total. The van der Waals surface area contributed by atoms with Crippen LogP contribution in [0.3, 0.4) is 0 Å². The zero-order chi connectivity index (χ0) is 14.4. The Labute approximate surface area is 134 Å². The van der Waals surface area contributed by atoms with Crippen LogP contribution in [0.4, 0.5) is 0 Å². The standard InChI is InChI=1S/C16H20ClNS2/c1-3-10-18-13(15-8-9-16(17)20-15)11-19-14-7-5-4-6-12(14)2/h4-9,13,18H,3,10-11H2,1-2H3. The monoisotopic (exact) mass is 325 g/mol. The van der Waals surface area contributed by atoms with Gasteiger partial charge in [-0.25, -0.2) is 0 Å². The molecule has 1 aromatic heterocycles. The van der Waals surface area contributed by atoms with Gasteiger partial charge in [0, 0.05) is 15.5 Å².